The van der Waals surface area contributed by atoms with Crippen LogP contribution in [0.5, 0.6) is 0 Å². The third kappa shape index (κ3) is 4.60. The van der Waals surface area contributed by atoms with Gasteiger partial charge in [-0.15, -0.1) is 0 Å². The minimum atomic E-state index is 0.782. The van der Waals surface area contributed by atoms with Crippen molar-refractivity contribution in [2.75, 3.05) is 14.1 Å². The van der Waals surface area contributed by atoms with Crippen molar-refractivity contribution in [1.82, 2.24) is 15.2 Å². The molecule has 0 saturated carbocycles. The van der Waals surface area contributed by atoms with E-state index in [1.807, 2.05) is 31.3 Å². The highest BCUT2D eigenvalue weighted by Gasteiger charge is 2.04. The Kier molecular flexibility index (Phi) is 5.53. The second kappa shape index (κ2) is 7.39. The van der Waals surface area contributed by atoms with Crippen molar-refractivity contribution in [3.63, 3.8) is 0 Å². The Morgan fingerprint density at radius 3 is 2.60 bits per heavy atom. The number of hydrogen-bond acceptors (Lipinski definition) is 3. The van der Waals surface area contributed by atoms with Crippen LogP contribution in [0.25, 0.3) is 0 Å². The van der Waals surface area contributed by atoms with Crippen LogP contribution in [-0.4, -0.2) is 24.0 Å². The van der Waals surface area contributed by atoms with Gasteiger partial charge in [0.05, 0.1) is 11.4 Å². The molecule has 0 aliphatic rings. The molecule has 0 fully saturated rings. The van der Waals surface area contributed by atoms with E-state index < -0.39 is 0 Å². The molecule has 0 aliphatic carbocycles. The van der Waals surface area contributed by atoms with Gasteiger partial charge in [-0.05, 0) is 43.9 Å². The summed E-state index contributed by atoms with van der Waals surface area (Å²) >= 11 is 6.01. The van der Waals surface area contributed by atoms with Gasteiger partial charge in [0.1, 0.15) is 0 Å². The minimum Gasteiger partial charge on any atom is -0.314 e. The first kappa shape index (κ1) is 15.0. The standard InChI is InChI=1S/C16H20ClN3/c1-18-10-15-7-4-8-16(19-15)12-20(2)11-13-5-3-6-14(17)9-13/h3-9,18H,10-12H2,1-2H3. The predicted octanol–water partition coefficient (Wildman–Crippen LogP) is 3.09. The molecule has 1 aromatic carbocycles. The maximum absolute atomic E-state index is 6.01. The van der Waals surface area contributed by atoms with E-state index >= 15 is 0 Å². The SMILES string of the molecule is CNCc1cccc(CN(C)Cc2cccc(Cl)c2)n1. The highest BCUT2D eigenvalue weighted by atomic mass is 35.5. The summed E-state index contributed by atoms with van der Waals surface area (Å²) in [6, 6.07) is 14.1. The molecular weight excluding hydrogens is 270 g/mol. The van der Waals surface area contributed by atoms with Crippen molar-refractivity contribution in [3.8, 4) is 0 Å². The number of nitrogens with one attached hydrogen (secondary N) is 1. The Hall–Kier alpha value is -1.42. The summed E-state index contributed by atoms with van der Waals surface area (Å²) in [7, 11) is 4.02. The van der Waals surface area contributed by atoms with E-state index in [9.17, 15) is 0 Å². The molecule has 0 saturated heterocycles. The van der Waals surface area contributed by atoms with Crippen LogP contribution in [0, 0.1) is 0 Å². The molecule has 1 N–H and O–H groups in total. The first-order chi connectivity index (χ1) is 9.67. The van der Waals surface area contributed by atoms with Gasteiger partial charge in [-0.1, -0.05) is 29.8 Å². The van der Waals surface area contributed by atoms with E-state index in [-0.39, 0.29) is 0 Å². The predicted molar refractivity (Wildman–Crippen MR) is 83.6 cm³/mol. The molecule has 0 radical (unpaired) electrons. The van der Waals surface area contributed by atoms with Gasteiger partial charge in [0.15, 0.2) is 0 Å². The summed E-state index contributed by atoms with van der Waals surface area (Å²) in [5, 5.41) is 3.90. The second-order valence-corrected chi connectivity index (χ2v) is 5.39. The average molecular weight is 290 g/mol. The van der Waals surface area contributed by atoms with Crippen molar-refractivity contribution in [3.05, 3.63) is 64.4 Å². The quantitative estimate of drug-likeness (QED) is 0.886. The molecule has 0 amide bonds. The summed E-state index contributed by atoms with van der Waals surface area (Å²) in [5.74, 6) is 0. The zero-order chi connectivity index (χ0) is 14.4. The molecular formula is C16H20ClN3. The van der Waals surface area contributed by atoms with Gasteiger partial charge in [0.25, 0.3) is 0 Å². The van der Waals surface area contributed by atoms with Gasteiger partial charge in [0, 0.05) is 24.7 Å². The molecule has 106 valence electrons. The van der Waals surface area contributed by atoms with Crippen molar-refractivity contribution >= 4 is 11.6 Å². The molecule has 3 nitrogen and oxygen atoms in total. The van der Waals surface area contributed by atoms with Gasteiger partial charge < -0.3 is 5.32 Å². The van der Waals surface area contributed by atoms with Crippen LogP contribution in [0.1, 0.15) is 17.0 Å². The van der Waals surface area contributed by atoms with Crippen molar-refractivity contribution < 1.29 is 0 Å². The number of halogens is 1. The van der Waals surface area contributed by atoms with Gasteiger partial charge in [0.2, 0.25) is 0 Å². The van der Waals surface area contributed by atoms with E-state index in [1.54, 1.807) is 0 Å². The lowest BCUT2D eigenvalue weighted by Crippen LogP contribution is -2.18. The monoisotopic (exact) mass is 289 g/mol. The van der Waals surface area contributed by atoms with Gasteiger partial charge in [-0.2, -0.15) is 0 Å². The van der Waals surface area contributed by atoms with Crippen LogP contribution in [0.15, 0.2) is 42.5 Å². The minimum absolute atomic E-state index is 0.782. The number of hydrogen-bond donors (Lipinski definition) is 1. The van der Waals surface area contributed by atoms with Crippen LogP contribution in [0.2, 0.25) is 5.02 Å². The van der Waals surface area contributed by atoms with Crippen LogP contribution in [0.4, 0.5) is 0 Å². The van der Waals surface area contributed by atoms with E-state index in [1.165, 1.54) is 5.56 Å². The maximum Gasteiger partial charge on any atom is 0.0547 e. The molecule has 0 aliphatic heterocycles. The third-order valence-electron chi connectivity index (χ3n) is 3.00. The Bertz CT molecular complexity index is 557. The van der Waals surface area contributed by atoms with E-state index in [4.69, 9.17) is 11.6 Å². The Labute approximate surface area is 125 Å². The number of benzene rings is 1. The molecule has 0 bridgehead atoms. The number of nitrogens with zero attached hydrogens (tertiary/aromatic N) is 2. The lowest BCUT2D eigenvalue weighted by Gasteiger charge is -2.17. The summed E-state index contributed by atoms with van der Waals surface area (Å²) in [4.78, 5) is 6.86. The average Bonchev–Trinajstić information content (AvgIpc) is 2.39. The molecule has 2 rings (SSSR count). The molecule has 1 aromatic heterocycles. The van der Waals surface area contributed by atoms with Crippen LogP contribution in [0.3, 0.4) is 0 Å². The normalized spacial score (nSPS) is 11.0. The van der Waals surface area contributed by atoms with Crippen molar-refractivity contribution in [2.45, 2.75) is 19.6 Å². The molecule has 4 heteroatoms. The van der Waals surface area contributed by atoms with Crippen molar-refractivity contribution in [2.24, 2.45) is 0 Å². The Morgan fingerprint density at radius 1 is 1.10 bits per heavy atom. The third-order valence-corrected chi connectivity index (χ3v) is 3.23. The number of rotatable bonds is 6. The van der Waals surface area contributed by atoms with Gasteiger partial charge in [-0.3, -0.25) is 9.88 Å². The first-order valence-corrected chi connectivity index (χ1v) is 7.07. The molecule has 2 aromatic rings. The second-order valence-electron chi connectivity index (χ2n) is 4.95. The summed E-state index contributed by atoms with van der Waals surface area (Å²) in [6.45, 7) is 2.48. The highest BCUT2D eigenvalue weighted by molar-refractivity contribution is 6.30. The fourth-order valence-corrected chi connectivity index (χ4v) is 2.39. The lowest BCUT2D eigenvalue weighted by molar-refractivity contribution is 0.315. The summed E-state index contributed by atoms with van der Waals surface area (Å²) < 4.78 is 0. The first-order valence-electron chi connectivity index (χ1n) is 6.70. The van der Waals surface area contributed by atoms with Gasteiger partial charge >= 0.3 is 0 Å². The van der Waals surface area contributed by atoms with Crippen LogP contribution < -0.4 is 5.32 Å². The van der Waals surface area contributed by atoms with E-state index in [0.717, 1.165) is 36.0 Å². The zero-order valence-electron chi connectivity index (χ0n) is 11.9. The Balaban J connectivity index is 1.97. The summed E-state index contributed by atoms with van der Waals surface area (Å²) in [6.07, 6.45) is 0. The number of aromatic nitrogens is 1. The molecule has 0 unspecified atom stereocenters. The van der Waals surface area contributed by atoms with Crippen molar-refractivity contribution in [1.29, 1.82) is 0 Å². The fourth-order valence-electron chi connectivity index (χ4n) is 2.18. The zero-order valence-corrected chi connectivity index (χ0v) is 12.7. The fraction of sp³-hybridized carbons (Fsp3) is 0.312. The van der Waals surface area contributed by atoms with E-state index in [2.05, 4.69) is 40.4 Å². The largest absolute Gasteiger partial charge is 0.314 e. The topological polar surface area (TPSA) is 28.2 Å². The Morgan fingerprint density at radius 2 is 1.85 bits per heavy atom. The number of pyridine rings is 1. The molecule has 0 atom stereocenters. The van der Waals surface area contributed by atoms with Gasteiger partial charge in [-0.25, -0.2) is 0 Å². The van der Waals surface area contributed by atoms with Crippen LogP contribution in [-0.2, 0) is 19.6 Å². The maximum atomic E-state index is 6.01. The molecule has 20 heavy (non-hydrogen) atoms. The highest BCUT2D eigenvalue weighted by Crippen LogP contribution is 2.13. The smallest absolute Gasteiger partial charge is 0.0547 e. The van der Waals surface area contributed by atoms with Crippen LogP contribution >= 0.6 is 11.6 Å². The lowest BCUT2D eigenvalue weighted by atomic mass is 10.2. The molecule has 1 heterocycles. The summed E-state index contributed by atoms with van der Waals surface area (Å²) in [5.41, 5.74) is 3.37. The van der Waals surface area contributed by atoms with E-state index in [0.29, 0.717) is 0 Å². The molecule has 0 spiro atoms.